The number of carbonyl (C=O) groups excluding carboxylic acids is 1. The van der Waals surface area contributed by atoms with Crippen molar-refractivity contribution >= 4 is 11.6 Å². The summed E-state index contributed by atoms with van der Waals surface area (Å²) in [4.78, 5) is 12.4. The van der Waals surface area contributed by atoms with Gasteiger partial charge in [0.2, 0.25) is 0 Å². The number of carbonyl (C=O) groups is 1. The summed E-state index contributed by atoms with van der Waals surface area (Å²) in [5.41, 5.74) is 0.731. The third-order valence-corrected chi connectivity index (χ3v) is 4.18. The Labute approximate surface area is 151 Å². The van der Waals surface area contributed by atoms with Crippen LogP contribution in [0.1, 0.15) is 38.8 Å². The average molecular weight is 365 g/mol. The number of amides is 1. The zero-order valence-electron chi connectivity index (χ0n) is 15.1. The summed E-state index contributed by atoms with van der Waals surface area (Å²) in [5.74, 6) is -4.33. The van der Waals surface area contributed by atoms with Crippen LogP contribution in [0.4, 0.5) is 18.9 Å². The van der Waals surface area contributed by atoms with Gasteiger partial charge in [0.1, 0.15) is 6.04 Å². The Morgan fingerprint density at radius 3 is 2.27 bits per heavy atom. The molecule has 0 heterocycles. The number of anilines is 1. The fourth-order valence-corrected chi connectivity index (χ4v) is 2.84. The van der Waals surface area contributed by atoms with E-state index in [2.05, 4.69) is 19.2 Å². The number of quaternary nitrogens is 1. The Hall–Kier alpha value is -2.34. The Bertz CT molecular complexity index is 750. The first-order chi connectivity index (χ1) is 12.3. The number of halogens is 3. The smallest absolute Gasteiger partial charge is 0.282 e. The summed E-state index contributed by atoms with van der Waals surface area (Å²) in [5, 5.41) is 4.24. The van der Waals surface area contributed by atoms with Crippen LogP contribution in [0.15, 0.2) is 42.5 Å². The molecule has 2 aromatic carbocycles. The van der Waals surface area contributed by atoms with Crippen LogP contribution < -0.4 is 10.6 Å². The van der Waals surface area contributed by atoms with Crippen molar-refractivity contribution in [3.05, 3.63) is 65.5 Å². The molecule has 2 rings (SSSR count). The van der Waals surface area contributed by atoms with E-state index in [1.54, 1.807) is 6.92 Å². The molecule has 0 unspecified atom stereocenters. The molecule has 3 nitrogen and oxygen atoms in total. The van der Waals surface area contributed by atoms with Crippen molar-refractivity contribution in [3.8, 4) is 0 Å². The molecule has 0 saturated heterocycles. The molecule has 0 aliphatic heterocycles. The molecule has 2 atom stereocenters. The molecule has 0 aromatic heterocycles. The van der Waals surface area contributed by atoms with Crippen LogP contribution in [0.25, 0.3) is 0 Å². The molecule has 0 spiro atoms. The van der Waals surface area contributed by atoms with E-state index in [0.29, 0.717) is 5.92 Å². The minimum Gasteiger partial charge on any atom is -0.330 e. The van der Waals surface area contributed by atoms with Crippen LogP contribution in [0.2, 0.25) is 0 Å². The van der Waals surface area contributed by atoms with Crippen molar-refractivity contribution in [1.29, 1.82) is 0 Å². The molecule has 140 valence electrons. The van der Waals surface area contributed by atoms with Crippen molar-refractivity contribution in [2.45, 2.75) is 39.3 Å². The second kappa shape index (κ2) is 8.85. The predicted octanol–water partition coefficient (Wildman–Crippen LogP) is 3.78. The summed E-state index contributed by atoms with van der Waals surface area (Å²) >= 11 is 0. The minimum atomic E-state index is -1.60. The van der Waals surface area contributed by atoms with Gasteiger partial charge in [-0.2, -0.15) is 0 Å². The van der Waals surface area contributed by atoms with E-state index in [4.69, 9.17) is 0 Å². The molecule has 0 aliphatic carbocycles. The molecular formula is C20H24F3N2O+. The van der Waals surface area contributed by atoms with E-state index in [1.165, 1.54) is 0 Å². The van der Waals surface area contributed by atoms with Crippen molar-refractivity contribution in [3.63, 3.8) is 0 Å². The van der Waals surface area contributed by atoms with E-state index in [0.717, 1.165) is 24.1 Å². The highest BCUT2D eigenvalue weighted by Gasteiger charge is 2.25. The van der Waals surface area contributed by atoms with Gasteiger partial charge in [0.05, 0.1) is 5.69 Å². The highest BCUT2D eigenvalue weighted by Crippen LogP contribution is 2.20. The van der Waals surface area contributed by atoms with Crippen LogP contribution in [0, 0.1) is 23.4 Å². The molecule has 1 amide bonds. The molecule has 3 N–H and O–H groups in total. The second-order valence-corrected chi connectivity index (χ2v) is 6.84. The first-order valence-electron chi connectivity index (χ1n) is 8.64. The van der Waals surface area contributed by atoms with Gasteiger partial charge in [0.15, 0.2) is 23.5 Å². The SMILES string of the molecule is CC(C)C[C@H]([NH2+][C@H](C)C(=O)Nc1ccc(F)c(F)c1F)c1ccccc1. The van der Waals surface area contributed by atoms with Crippen molar-refractivity contribution in [2.75, 3.05) is 5.32 Å². The topological polar surface area (TPSA) is 45.7 Å². The van der Waals surface area contributed by atoms with Gasteiger partial charge < -0.3 is 10.6 Å². The van der Waals surface area contributed by atoms with E-state index < -0.39 is 29.4 Å². The normalized spacial score (nSPS) is 13.5. The molecule has 0 saturated carbocycles. The highest BCUT2D eigenvalue weighted by atomic mass is 19.2. The first-order valence-corrected chi connectivity index (χ1v) is 8.64. The van der Waals surface area contributed by atoms with Crippen LogP contribution in [-0.4, -0.2) is 11.9 Å². The molecule has 0 bridgehead atoms. The van der Waals surface area contributed by atoms with Gasteiger partial charge in [-0.1, -0.05) is 44.2 Å². The zero-order chi connectivity index (χ0) is 19.3. The summed E-state index contributed by atoms with van der Waals surface area (Å²) in [6.45, 7) is 5.90. The molecular weight excluding hydrogens is 341 g/mol. The van der Waals surface area contributed by atoms with E-state index >= 15 is 0 Å². The number of hydrogen-bond acceptors (Lipinski definition) is 1. The lowest BCUT2D eigenvalue weighted by atomic mass is 9.96. The lowest BCUT2D eigenvalue weighted by Crippen LogP contribution is -2.92. The maximum atomic E-state index is 13.7. The molecule has 26 heavy (non-hydrogen) atoms. The van der Waals surface area contributed by atoms with Crippen LogP contribution >= 0.6 is 0 Å². The lowest BCUT2D eigenvalue weighted by Gasteiger charge is -2.22. The fraction of sp³-hybridized carbons (Fsp3) is 0.350. The molecule has 0 fully saturated rings. The quantitative estimate of drug-likeness (QED) is 0.721. The number of nitrogens with two attached hydrogens (primary N) is 1. The van der Waals surface area contributed by atoms with Gasteiger partial charge in [0.25, 0.3) is 5.91 Å². The zero-order valence-corrected chi connectivity index (χ0v) is 15.1. The molecule has 0 radical (unpaired) electrons. The van der Waals surface area contributed by atoms with Gasteiger partial charge in [-0.15, -0.1) is 0 Å². The molecule has 0 aliphatic rings. The largest absolute Gasteiger partial charge is 0.330 e. The van der Waals surface area contributed by atoms with Crippen LogP contribution in [0.5, 0.6) is 0 Å². The van der Waals surface area contributed by atoms with Crippen molar-refractivity contribution in [2.24, 2.45) is 5.92 Å². The first kappa shape index (κ1) is 20.0. The maximum absolute atomic E-state index is 13.7. The Kier molecular flexibility index (Phi) is 6.80. The number of nitrogens with one attached hydrogen (secondary N) is 1. The summed E-state index contributed by atoms with van der Waals surface area (Å²) < 4.78 is 40.1. The minimum absolute atomic E-state index is 0.0618. The van der Waals surface area contributed by atoms with Gasteiger partial charge in [-0.3, -0.25) is 4.79 Å². The van der Waals surface area contributed by atoms with Crippen molar-refractivity contribution < 1.29 is 23.3 Å². The van der Waals surface area contributed by atoms with Gasteiger partial charge in [-0.25, -0.2) is 13.2 Å². The Balaban J connectivity index is 2.10. The van der Waals surface area contributed by atoms with E-state index in [9.17, 15) is 18.0 Å². The van der Waals surface area contributed by atoms with E-state index in [-0.39, 0.29) is 11.7 Å². The summed E-state index contributed by atoms with van der Waals surface area (Å²) in [6.07, 6.45) is 0.862. The fourth-order valence-electron chi connectivity index (χ4n) is 2.84. The standard InChI is InChI=1S/C20H23F3N2O/c1-12(2)11-17(14-7-5-4-6-8-14)24-13(3)20(26)25-16-10-9-15(21)18(22)19(16)23/h4-10,12-13,17,24H,11H2,1-3H3,(H,25,26)/p+1/t13-,17+/m1/s1. The van der Waals surface area contributed by atoms with Gasteiger partial charge >= 0.3 is 0 Å². The second-order valence-electron chi connectivity index (χ2n) is 6.84. The van der Waals surface area contributed by atoms with Gasteiger partial charge in [0, 0.05) is 12.0 Å². The summed E-state index contributed by atoms with van der Waals surface area (Å²) in [6, 6.07) is 11.1. The lowest BCUT2D eigenvalue weighted by molar-refractivity contribution is -0.714. The predicted molar refractivity (Wildman–Crippen MR) is 95.0 cm³/mol. The third-order valence-electron chi connectivity index (χ3n) is 4.18. The maximum Gasteiger partial charge on any atom is 0.282 e. The Morgan fingerprint density at radius 1 is 1.00 bits per heavy atom. The highest BCUT2D eigenvalue weighted by molar-refractivity contribution is 5.93. The van der Waals surface area contributed by atoms with Crippen molar-refractivity contribution in [1.82, 2.24) is 0 Å². The third kappa shape index (κ3) is 5.08. The van der Waals surface area contributed by atoms with Gasteiger partial charge in [-0.05, 0) is 25.0 Å². The number of rotatable bonds is 7. The van der Waals surface area contributed by atoms with Crippen LogP contribution in [-0.2, 0) is 4.79 Å². The number of hydrogen-bond donors (Lipinski definition) is 2. The van der Waals surface area contributed by atoms with Crippen LogP contribution in [0.3, 0.4) is 0 Å². The molecule has 2 aromatic rings. The molecule has 6 heteroatoms. The number of benzene rings is 2. The Morgan fingerprint density at radius 2 is 1.65 bits per heavy atom. The van der Waals surface area contributed by atoms with E-state index in [1.807, 2.05) is 35.6 Å². The average Bonchev–Trinajstić information content (AvgIpc) is 2.61. The summed E-state index contributed by atoms with van der Waals surface area (Å²) in [7, 11) is 0. The monoisotopic (exact) mass is 365 g/mol.